The maximum atomic E-state index is 8.99. The van der Waals surface area contributed by atoms with Gasteiger partial charge in [-0.2, -0.15) is 5.26 Å². The van der Waals surface area contributed by atoms with Crippen LogP contribution in [0.1, 0.15) is 31.9 Å². The number of nitrogens with one attached hydrogen (secondary N) is 2. The molecule has 0 saturated heterocycles. The zero-order valence-electron chi connectivity index (χ0n) is 9.86. The fourth-order valence-corrected chi connectivity index (χ4v) is 2.88. The number of rotatable bonds is 3. The summed E-state index contributed by atoms with van der Waals surface area (Å²) in [6, 6.07) is 5.73. The first kappa shape index (κ1) is 16.8. The SMILES string of the molecule is CC.CC(=N)c1c(C#N)cc(Br)cc1NPI. The largest absolute Gasteiger partial charge is 0.358 e. The molecule has 1 unspecified atom stereocenters. The van der Waals surface area contributed by atoms with Crippen molar-refractivity contribution in [3.8, 4) is 6.07 Å². The molecule has 0 fully saturated rings. The molecule has 0 aliphatic carbocycles. The van der Waals surface area contributed by atoms with Gasteiger partial charge in [0, 0.05) is 27.8 Å². The average Bonchev–Trinajstić information content (AvgIpc) is 2.30. The lowest BCUT2D eigenvalue weighted by atomic mass is 10.0. The molecule has 2 N–H and O–H groups in total. The molecule has 1 aromatic carbocycles. The highest BCUT2D eigenvalue weighted by molar-refractivity contribution is 14.2. The third-order valence-electron chi connectivity index (χ3n) is 1.78. The quantitative estimate of drug-likeness (QED) is 0.402. The van der Waals surface area contributed by atoms with Crippen LogP contribution in [0.4, 0.5) is 5.69 Å². The van der Waals surface area contributed by atoms with Crippen molar-refractivity contribution in [3.63, 3.8) is 0 Å². The summed E-state index contributed by atoms with van der Waals surface area (Å²) in [6.07, 6.45) is 0.512. The first-order valence-electron chi connectivity index (χ1n) is 5.01. The van der Waals surface area contributed by atoms with Crippen molar-refractivity contribution in [2.24, 2.45) is 0 Å². The highest BCUT2D eigenvalue weighted by atomic mass is 127. The molecule has 1 rings (SSSR count). The maximum Gasteiger partial charge on any atom is 0.0999 e. The molecule has 0 saturated carbocycles. The van der Waals surface area contributed by atoms with Crippen LogP contribution in [0.2, 0.25) is 0 Å². The molecule has 1 atom stereocenters. The Hall–Kier alpha value is -0.180. The van der Waals surface area contributed by atoms with Gasteiger partial charge in [0.2, 0.25) is 0 Å². The molecular weight excluding hydrogens is 412 g/mol. The third-order valence-corrected chi connectivity index (χ3v) is 3.41. The number of anilines is 1. The van der Waals surface area contributed by atoms with Crippen LogP contribution in [-0.2, 0) is 0 Å². The molecule has 0 bridgehead atoms. The van der Waals surface area contributed by atoms with E-state index in [0.717, 1.165) is 10.2 Å². The fourth-order valence-electron chi connectivity index (χ4n) is 1.25. The van der Waals surface area contributed by atoms with Crippen molar-refractivity contribution in [3.05, 3.63) is 27.7 Å². The van der Waals surface area contributed by atoms with E-state index >= 15 is 0 Å². The predicted octanol–water partition coefficient (Wildman–Crippen LogP) is 5.09. The van der Waals surface area contributed by atoms with Gasteiger partial charge in [0.25, 0.3) is 0 Å². The summed E-state index contributed by atoms with van der Waals surface area (Å²) < 4.78 is 0.848. The lowest BCUT2D eigenvalue weighted by Crippen LogP contribution is -2.01. The van der Waals surface area contributed by atoms with Gasteiger partial charge in [-0.25, -0.2) is 0 Å². The molecule has 6 heteroatoms. The van der Waals surface area contributed by atoms with E-state index in [9.17, 15) is 0 Å². The van der Waals surface area contributed by atoms with Crippen molar-refractivity contribution in [2.75, 3.05) is 5.09 Å². The summed E-state index contributed by atoms with van der Waals surface area (Å²) in [6.45, 7) is 5.69. The fraction of sp³-hybridized carbons (Fsp3) is 0.273. The summed E-state index contributed by atoms with van der Waals surface area (Å²) >= 11 is 5.56. The van der Waals surface area contributed by atoms with Gasteiger partial charge >= 0.3 is 0 Å². The van der Waals surface area contributed by atoms with Crippen molar-refractivity contribution in [1.82, 2.24) is 0 Å². The van der Waals surface area contributed by atoms with Gasteiger partial charge in [0.15, 0.2) is 0 Å². The normalized spacial score (nSPS) is 9.41. The Morgan fingerprint density at radius 1 is 1.53 bits per heavy atom. The van der Waals surface area contributed by atoms with E-state index in [-0.39, 0.29) is 0 Å². The van der Waals surface area contributed by atoms with E-state index < -0.39 is 0 Å². The van der Waals surface area contributed by atoms with Gasteiger partial charge in [-0.15, -0.1) is 0 Å². The zero-order chi connectivity index (χ0) is 13.4. The van der Waals surface area contributed by atoms with E-state index in [4.69, 9.17) is 10.7 Å². The molecule has 0 aliphatic heterocycles. The van der Waals surface area contributed by atoms with Crippen LogP contribution in [0.3, 0.4) is 0 Å². The first-order valence-corrected chi connectivity index (χ1v) is 9.91. The topological polar surface area (TPSA) is 59.7 Å². The Kier molecular flexibility index (Phi) is 8.75. The summed E-state index contributed by atoms with van der Waals surface area (Å²) in [4.78, 5) is 0. The highest BCUT2D eigenvalue weighted by Gasteiger charge is 2.11. The summed E-state index contributed by atoms with van der Waals surface area (Å²) in [5.41, 5.74) is 2.44. The second kappa shape index (κ2) is 8.84. The molecular formula is C11H14BrIN3P. The monoisotopic (exact) mass is 425 g/mol. The molecule has 0 aliphatic rings. The van der Waals surface area contributed by atoms with E-state index in [0.29, 0.717) is 23.2 Å². The molecule has 0 spiro atoms. The van der Waals surface area contributed by atoms with Crippen molar-refractivity contribution in [1.29, 1.82) is 10.7 Å². The maximum absolute atomic E-state index is 8.99. The predicted molar refractivity (Wildman–Crippen MR) is 88.7 cm³/mol. The van der Waals surface area contributed by atoms with Gasteiger partial charge in [0.05, 0.1) is 11.6 Å². The number of hydrogen-bond donors (Lipinski definition) is 2. The van der Waals surface area contributed by atoms with Crippen LogP contribution >= 0.6 is 44.3 Å². The minimum atomic E-state index is 0.399. The minimum absolute atomic E-state index is 0.399. The van der Waals surface area contributed by atoms with E-state index in [1.54, 1.807) is 13.0 Å². The van der Waals surface area contributed by atoms with E-state index in [1.165, 1.54) is 0 Å². The standard InChI is InChI=1S/C9H8BrIN3P.C2H6/c1-5(13)9-6(4-12)2-7(10)3-8(9)14-15-11;1-2/h2-3,13-15H,1H3;1-2H3. The van der Waals surface area contributed by atoms with Crippen LogP contribution in [0.5, 0.6) is 0 Å². The Morgan fingerprint density at radius 2 is 2.12 bits per heavy atom. The molecule has 0 heterocycles. The Balaban J connectivity index is 0.00000121. The highest BCUT2D eigenvalue weighted by Crippen LogP contribution is 2.31. The Morgan fingerprint density at radius 3 is 2.53 bits per heavy atom. The summed E-state index contributed by atoms with van der Waals surface area (Å²) in [7, 11) is 0. The van der Waals surface area contributed by atoms with Gasteiger partial charge in [-0.3, -0.25) is 0 Å². The lowest BCUT2D eigenvalue weighted by Gasteiger charge is -2.11. The number of nitrogens with zero attached hydrogens (tertiary/aromatic N) is 1. The molecule has 0 radical (unpaired) electrons. The van der Waals surface area contributed by atoms with Crippen LogP contribution in [0, 0.1) is 16.7 Å². The molecule has 1 aromatic rings. The third kappa shape index (κ3) is 4.90. The van der Waals surface area contributed by atoms with Gasteiger partial charge in [-0.1, -0.05) is 29.8 Å². The Bertz CT molecular complexity index is 443. The average molecular weight is 426 g/mol. The van der Waals surface area contributed by atoms with Crippen molar-refractivity contribution < 1.29 is 0 Å². The second-order valence-corrected chi connectivity index (χ2v) is 5.80. The molecule has 92 valence electrons. The van der Waals surface area contributed by atoms with E-state index in [1.807, 2.05) is 19.9 Å². The number of benzene rings is 1. The molecule has 0 amide bonds. The van der Waals surface area contributed by atoms with E-state index in [2.05, 4.69) is 49.1 Å². The summed E-state index contributed by atoms with van der Waals surface area (Å²) in [5.74, 6) is 0. The lowest BCUT2D eigenvalue weighted by molar-refractivity contribution is 1.41. The zero-order valence-corrected chi connectivity index (χ0v) is 14.6. The second-order valence-electron chi connectivity index (χ2n) is 2.83. The van der Waals surface area contributed by atoms with Gasteiger partial charge in [0.1, 0.15) is 0 Å². The molecule has 0 aromatic heterocycles. The number of halogens is 2. The van der Waals surface area contributed by atoms with Crippen LogP contribution in [0.15, 0.2) is 16.6 Å². The number of nitriles is 1. The van der Waals surface area contributed by atoms with Crippen molar-refractivity contribution >= 4 is 55.7 Å². The van der Waals surface area contributed by atoms with Crippen molar-refractivity contribution in [2.45, 2.75) is 20.8 Å². The van der Waals surface area contributed by atoms with Gasteiger partial charge < -0.3 is 10.5 Å². The van der Waals surface area contributed by atoms with Crippen LogP contribution in [-0.4, -0.2) is 5.71 Å². The Labute approximate surface area is 125 Å². The van der Waals surface area contributed by atoms with Crippen LogP contribution in [0.25, 0.3) is 0 Å². The minimum Gasteiger partial charge on any atom is -0.358 e. The molecule has 17 heavy (non-hydrogen) atoms. The first-order chi connectivity index (χ1) is 8.10. The summed E-state index contributed by atoms with van der Waals surface area (Å²) in [5, 5.41) is 19.8. The molecule has 3 nitrogen and oxygen atoms in total. The number of hydrogen-bond acceptors (Lipinski definition) is 3. The van der Waals surface area contributed by atoms with Gasteiger partial charge in [-0.05, 0) is 41.1 Å². The smallest absolute Gasteiger partial charge is 0.0999 e. The van der Waals surface area contributed by atoms with Crippen LogP contribution < -0.4 is 5.09 Å².